The number of nitrogens with zero attached hydrogens (tertiary/aromatic N) is 1. The number of anilines is 1. The molecule has 3 N–H and O–H groups in total. The van der Waals surface area contributed by atoms with E-state index in [1.807, 2.05) is 24.3 Å². The van der Waals surface area contributed by atoms with Gasteiger partial charge in [0.25, 0.3) is 5.91 Å². The molecule has 0 aliphatic carbocycles. The third-order valence-corrected chi connectivity index (χ3v) is 4.82. The number of ketones is 1. The van der Waals surface area contributed by atoms with Gasteiger partial charge in [0.05, 0.1) is 6.10 Å². The molecule has 2 aromatic rings. The summed E-state index contributed by atoms with van der Waals surface area (Å²) in [5, 5.41) is 12.4. The van der Waals surface area contributed by atoms with Crippen LogP contribution in [0.2, 0.25) is 0 Å². The Morgan fingerprint density at radius 3 is 2.54 bits per heavy atom. The predicted molar refractivity (Wildman–Crippen MR) is 101 cm³/mol. The topological polar surface area (TPSA) is 85.4 Å². The molecule has 2 heterocycles. The Morgan fingerprint density at radius 2 is 1.92 bits per heavy atom. The summed E-state index contributed by atoms with van der Waals surface area (Å²) >= 11 is 0. The monoisotopic (exact) mass is 355 g/mol. The molecule has 0 atom stereocenters. The summed E-state index contributed by atoms with van der Waals surface area (Å²) in [5.41, 5.74) is 2.80. The number of hydrogen-bond donors (Lipinski definition) is 3. The van der Waals surface area contributed by atoms with Gasteiger partial charge in [0.15, 0.2) is 5.78 Å². The van der Waals surface area contributed by atoms with Crippen molar-refractivity contribution in [2.45, 2.75) is 32.3 Å². The molecule has 0 saturated carbocycles. The van der Waals surface area contributed by atoms with Crippen molar-refractivity contribution >= 4 is 17.4 Å². The Balaban J connectivity index is 1.50. The van der Waals surface area contributed by atoms with Gasteiger partial charge >= 0.3 is 0 Å². The SMILES string of the molecule is CC(=O)c1c[nH]c(C(=O)Nc2ccc(CCN3CCC(O)CC3)cc2)c1. The van der Waals surface area contributed by atoms with E-state index in [2.05, 4.69) is 15.2 Å². The molecule has 1 aromatic carbocycles. The third-order valence-electron chi connectivity index (χ3n) is 4.82. The van der Waals surface area contributed by atoms with Crippen LogP contribution >= 0.6 is 0 Å². The Labute approximate surface area is 153 Å². The summed E-state index contributed by atoms with van der Waals surface area (Å²) < 4.78 is 0. The Morgan fingerprint density at radius 1 is 1.23 bits per heavy atom. The number of nitrogens with one attached hydrogen (secondary N) is 2. The number of aliphatic hydroxyl groups excluding tert-OH is 1. The second-order valence-electron chi connectivity index (χ2n) is 6.83. The number of aliphatic hydroxyl groups is 1. The summed E-state index contributed by atoms with van der Waals surface area (Å²) in [6.45, 7) is 4.35. The molecular weight excluding hydrogens is 330 g/mol. The molecule has 26 heavy (non-hydrogen) atoms. The van der Waals surface area contributed by atoms with Crippen molar-refractivity contribution in [2.24, 2.45) is 0 Å². The molecule has 1 aliphatic heterocycles. The maximum Gasteiger partial charge on any atom is 0.272 e. The smallest absolute Gasteiger partial charge is 0.272 e. The summed E-state index contributed by atoms with van der Waals surface area (Å²) in [6, 6.07) is 9.37. The standard InChI is InChI=1S/C20H25N3O3/c1-14(24)16-12-19(21-13-16)20(26)22-17-4-2-15(3-5-17)6-9-23-10-7-18(25)8-11-23/h2-5,12-13,18,21,25H,6-11H2,1H3,(H,22,26). The highest BCUT2D eigenvalue weighted by molar-refractivity contribution is 6.05. The van der Waals surface area contributed by atoms with Crippen molar-refractivity contribution in [1.82, 2.24) is 9.88 Å². The number of hydrogen-bond acceptors (Lipinski definition) is 4. The largest absolute Gasteiger partial charge is 0.393 e. The minimum atomic E-state index is -0.267. The first kappa shape index (κ1) is 18.4. The fourth-order valence-corrected chi connectivity index (χ4v) is 3.11. The molecule has 0 spiro atoms. The minimum absolute atomic E-state index is 0.0760. The van der Waals surface area contributed by atoms with Gasteiger partial charge in [-0.15, -0.1) is 0 Å². The molecule has 138 valence electrons. The third kappa shape index (κ3) is 4.80. The van der Waals surface area contributed by atoms with Gasteiger partial charge < -0.3 is 20.3 Å². The molecule has 6 nitrogen and oxygen atoms in total. The number of carbonyl (C=O) groups excluding carboxylic acids is 2. The van der Waals surface area contributed by atoms with Crippen molar-refractivity contribution in [3.8, 4) is 0 Å². The highest BCUT2D eigenvalue weighted by atomic mass is 16.3. The predicted octanol–water partition coefficient (Wildman–Crippen LogP) is 2.47. The summed E-state index contributed by atoms with van der Waals surface area (Å²) in [7, 11) is 0. The highest BCUT2D eigenvalue weighted by Gasteiger charge is 2.16. The molecule has 6 heteroatoms. The Kier molecular flexibility index (Phi) is 5.85. The van der Waals surface area contributed by atoms with Crippen molar-refractivity contribution in [1.29, 1.82) is 0 Å². The van der Waals surface area contributed by atoms with Gasteiger partial charge in [-0.1, -0.05) is 12.1 Å². The van der Waals surface area contributed by atoms with Crippen LogP contribution in [0.5, 0.6) is 0 Å². The number of amides is 1. The molecule has 1 amide bonds. The first-order chi connectivity index (χ1) is 12.5. The normalized spacial score (nSPS) is 15.8. The molecular formula is C20H25N3O3. The lowest BCUT2D eigenvalue weighted by atomic mass is 10.1. The number of rotatable bonds is 6. The van der Waals surface area contributed by atoms with Crippen LogP contribution in [0.15, 0.2) is 36.5 Å². The van der Waals surface area contributed by atoms with E-state index in [4.69, 9.17) is 0 Å². The molecule has 1 aliphatic rings. The number of likely N-dealkylation sites (tertiary alicyclic amines) is 1. The quantitative estimate of drug-likeness (QED) is 0.695. The number of H-pyrrole nitrogens is 1. The number of benzene rings is 1. The van der Waals surface area contributed by atoms with E-state index in [-0.39, 0.29) is 17.8 Å². The van der Waals surface area contributed by atoms with Crippen LogP contribution in [-0.2, 0) is 6.42 Å². The van der Waals surface area contributed by atoms with E-state index in [1.165, 1.54) is 12.5 Å². The van der Waals surface area contributed by atoms with Crippen molar-refractivity contribution in [2.75, 3.05) is 25.0 Å². The molecule has 0 bridgehead atoms. The van der Waals surface area contributed by atoms with Crippen LogP contribution in [0.3, 0.4) is 0 Å². The molecule has 0 unspecified atom stereocenters. The fourth-order valence-electron chi connectivity index (χ4n) is 3.11. The number of piperidine rings is 1. The van der Waals surface area contributed by atoms with Gasteiger partial charge in [0.2, 0.25) is 0 Å². The minimum Gasteiger partial charge on any atom is -0.393 e. The second kappa shape index (κ2) is 8.29. The van der Waals surface area contributed by atoms with Gasteiger partial charge in [-0.2, -0.15) is 0 Å². The van der Waals surface area contributed by atoms with Crippen LogP contribution in [-0.4, -0.2) is 52.4 Å². The lowest BCUT2D eigenvalue weighted by molar-refractivity contribution is 0.0832. The van der Waals surface area contributed by atoms with E-state index in [9.17, 15) is 14.7 Å². The van der Waals surface area contributed by atoms with E-state index < -0.39 is 0 Å². The van der Waals surface area contributed by atoms with Crippen LogP contribution in [0, 0.1) is 0 Å². The lowest BCUT2D eigenvalue weighted by Gasteiger charge is -2.29. The first-order valence-electron chi connectivity index (χ1n) is 9.01. The van der Waals surface area contributed by atoms with Crippen LogP contribution in [0.4, 0.5) is 5.69 Å². The Hall–Kier alpha value is -2.44. The van der Waals surface area contributed by atoms with Gasteiger partial charge in [-0.05, 0) is 49.9 Å². The second-order valence-corrected chi connectivity index (χ2v) is 6.83. The summed E-state index contributed by atoms with van der Waals surface area (Å²) in [4.78, 5) is 28.7. The lowest BCUT2D eigenvalue weighted by Crippen LogP contribution is -2.37. The zero-order valence-electron chi connectivity index (χ0n) is 15.0. The molecule has 1 saturated heterocycles. The summed E-state index contributed by atoms with van der Waals surface area (Å²) in [5.74, 6) is -0.343. The van der Waals surface area contributed by atoms with E-state index in [0.29, 0.717) is 11.3 Å². The first-order valence-corrected chi connectivity index (χ1v) is 9.01. The summed E-state index contributed by atoms with van der Waals surface area (Å²) in [6.07, 6.45) is 4.06. The number of aromatic amines is 1. The maximum absolute atomic E-state index is 12.2. The van der Waals surface area contributed by atoms with Gasteiger partial charge in [0.1, 0.15) is 5.69 Å². The average Bonchev–Trinajstić information content (AvgIpc) is 3.13. The number of Topliss-reactive ketones (excluding diaryl/α,β-unsaturated/α-hetero) is 1. The van der Waals surface area contributed by atoms with Gasteiger partial charge in [0, 0.05) is 37.1 Å². The molecule has 0 radical (unpaired) electrons. The van der Waals surface area contributed by atoms with Crippen molar-refractivity contribution in [3.63, 3.8) is 0 Å². The maximum atomic E-state index is 12.2. The van der Waals surface area contributed by atoms with E-state index >= 15 is 0 Å². The average molecular weight is 355 g/mol. The van der Waals surface area contributed by atoms with Gasteiger partial charge in [-0.3, -0.25) is 9.59 Å². The molecule has 1 fully saturated rings. The van der Waals surface area contributed by atoms with E-state index in [0.717, 1.165) is 44.6 Å². The molecule has 1 aromatic heterocycles. The molecule has 3 rings (SSSR count). The number of carbonyl (C=O) groups is 2. The van der Waals surface area contributed by atoms with Crippen LogP contribution in [0.25, 0.3) is 0 Å². The van der Waals surface area contributed by atoms with Crippen LogP contribution < -0.4 is 5.32 Å². The van der Waals surface area contributed by atoms with E-state index in [1.54, 1.807) is 12.3 Å². The van der Waals surface area contributed by atoms with Crippen molar-refractivity contribution in [3.05, 3.63) is 53.3 Å². The van der Waals surface area contributed by atoms with Gasteiger partial charge in [-0.25, -0.2) is 0 Å². The van der Waals surface area contributed by atoms with Crippen molar-refractivity contribution < 1.29 is 14.7 Å². The zero-order valence-corrected chi connectivity index (χ0v) is 15.0. The Bertz CT molecular complexity index is 759. The number of aromatic nitrogens is 1. The highest BCUT2D eigenvalue weighted by Crippen LogP contribution is 2.14. The zero-order chi connectivity index (χ0) is 18.5. The van der Waals surface area contributed by atoms with Crippen LogP contribution in [0.1, 0.15) is 46.2 Å². The fraction of sp³-hybridized carbons (Fsp3) is 0.400.